The van der Waals surface area contributed by atoms with E-state index in [9.17, 15) is 0 Å². The molecule has 1 atom stereocenters. The molecule has 0 aromatic heterocycles. The van der Waals surface area contributed by atoms with E-state index in [1.54, 1.807) is 0 Å². The molecule has 0 rings (SSSR count). The fourth-order valence-electron chi connectivity index (χ4n) is 0. The molecule has 0 amide bonds. The van der Waals surface area contributed by atoms with Crippen LogP contribution in [0.2, 0.25) is 0 Å². The van der Waals surface area contributed by atoms with Crippen LogP contribution in [-0.2, 0) is 12.5 Å². The normalized spacial score (nSPS) is 0.800. The molecule has 37 valence electrons. The molecule has 1 nitrogen and oxygen atoms in total. The Morgan fingerprint density at radius 1 is 1.20 bits per heavy atom. The van der Waals surface area contributed by atoms with Gasteiger partial charge >= 0.3 is 0 Å². The Hall–Kier alpha value is 3.06. The first-order valence-corrected chi connectivity index (χ1v) is 0.500. The molecular weight excluding hydrogens is 395 g/mol. The van der Waals surface area contributed by atoms with Crippen LogP contribution in [0.3, 0.4) is 0 Å². The van der Waals surface area contributed by atoms with Crippen LogP contribution in [0.5, 0.6) is 0 Å². The molecule has 0 saturated heterocycles. The first-order valence-electron chi connectivity index (χ1n) is 0.167. The maximum Gasteiger partial charge on any atom is 0.197 e. The monoisotopic (exact) mass is 399 g/mol. The number of hydrogen-bond acceptors (Lipinski definition) is 2. The Morgan fingerprint density at radius 3 is 1.20 bits per heavy atom. The molecule has 0 saturated carbocycles. The van der Waals surface area contributed by atoms with Crippen LogP contribution >= 0.6 is 9.90 Å². The molecule has 0 aliphatic carbocycles. The fraction of sp³-hybridized carbons (Fsp3) is 0. The average molecular weight is 398 g/mol. The van der Waals surface area contributed by atoms with Gasteiger partial charge in [0, 0.05) is 78.6 Å². The van der Waals surface area contributed by atoms with Gasteiger partial charge in [-0.25, -0.2) is 0 Å². The largest absolute Gasteiger partial charge is 0.197 e. The van der Waals surface area contributed by atoms with E-state index in [1.807, 2.05) is 0 Å². The summed E-state index contributed by atoms with van der Waals surface area (Å²) >= 11 is 2.83. The van der Waals surface area contributed by atoms with Crippen LogP contribution in [-0.4, -0.2) is 4.21 Å². The second-order valence-electron chi connectivity index (χ2n) is 0. The van der Waals surface area contributed by atoms with E-state index in [4.69, 9.17) is 4.21 Å². The molecule has 0 spiro atoms. The van der Waals surface area contributed by atoms with Crippen molar-refractivity contribution in [2.45, 2.75) is 0 Å². The summed E-state index contributed by atoms with van der Waals surface area (Å²) in [7, 11) is 0. The van der Waals surface area contributed by atoms with Gasteiger partial charge < -0.3 is 0 Å². The topological polar surface area (TPSA) is 17.1 Å². The van der Waals surface area contributed by atoms with Crippen molar-refractivity contribution in [2.75, 3.05) is 0 Å². The summed E-state index contributed by atoms with van der Waals surface area (Å²) in [6.07, 6.45) is 0. The Balaban J connectivity index is -0.00000000167. The van der Waals surface area contributed by atoms with E-state index in [2.05, 4.69) is 12.5 Å². The zero-order valence-corrected chi connectivity index (χ0v) is 8.85. The van der Waals surface area contributed by atoms with Crippen LogP contribution in [0.4, 0.5) is 0 Å². The van der Waals surface area contributed by atoms with Crippen molar-refractivity contribution in [3.05, 3.63) is 0 Å². The third-order valence-corrected chi connectivity index (χ3v) is 0. The van der Waals surface area contributed by atoms with Gasteiger partial charge in [-0.15, -0.1) is 0 Å². The quantitative estimate of drug-likeness (QED) is 0.523. The summed E-state index contributed by atoms with van der Waals surface area (Å²) in [5.41, 5.74) is 0. The third-order valence-electron chi connectivity index (χ3n) is 0. The Bertz CT molecular complexity index is 11.6. The number of hydrogen-bond donors (Lipinski definition) is 0. The summed E-state index contributed by atoms with van der Waals surface area (Å²) in [4.78, 5) is 0. The van der Waals surface area contributed by atoms with Crippen LogP contribution in [0.15, 0.2) is 0 Å². The minimum atomic E-state index is 0. The minimum Gasteiger partial charge on any atom is -0.197 e. The van der Waals surface area contributed by atoms with Crippen molar-refractivity contribution in [1.29, 1.82) is 0 Å². The molecule has 0 aliphatic rings. The second kappa shape index (κ2) is 27.7. The first kappa shape index (κ1) is 24.4. The smallest absolute Gasteiger partial charge is 0.197 e. The van der Waals surface area contributed by atoms with Crippen molar-refractivity contribution < 1.29 is 82.8 Å². The van der Waals surface area contributed by atoms with E-state index < -0.39 is 0 Å². The molecule has 0 fully saturated rings. The average Bonchev–Trinajstić information content (AvgIpc) is 1.00. The van der Waals surface area contributed by atoms with Gasteiger partial charge in [-0.3, -0.25) is 0 Å². The fourth-order valence-corrected chi connectivity index (χ4v) is 0. The molecular formula is H3GdOPSTb. The van der Waals surface area contributed by atoms with Gasteiger partial charge in [0.15, 0.2) is 12.5 Å². The molecule has 0 N–H and O–H groups in total. The van der Waals surface area contributed by atoms with Crippen LogP contribution in [0.1, 0.15) is 0 Å². The van der Waals surface area contributed by atoms with Crippen molar-refractivity contribution in [3.63, 3.8) is 0 Å². The van der Waals surface area contributed by atoms with Crippen molar-refractivity contribution >= 4 is 22.4 Å². The first-order chi connectivity index (χ1) is 1.00. The summed E-state index contributed by atoms with van der Waals surface area (Å²) in [6, 6.07) is 0. The van der Waals surface area contributed by atoms with Gasteiger partial charge in [0.05, 0.1) is 0 Å². The van der Waals surface area contributed by atoms with Crippen molar-refractivity contribution in [3.8, 4) is 0 Å². The standard InChI is InChI=1S/Gd.OS.H3P.Tb/c;1-2;;/h;;1H3;. The maximum atomic E-state index is 7.83. The minimum absolute atomic E-state index is 0. The van der Waals surface area contributed by atoms with Crippen LogP contribution in [0.25, 0.3) is 0 Å². The molecule has 5 heteroatoms. The van der Waals surface area contributed by atoms with Crippen LogP contribution in [0, 0.1) is 78.6 Å². The predicted molar refractivity (Wildman–Crippen MR) is 19.2 cm³/mol. The maximum absolute atomic E-state index is 7.83. The van der Waals surface area contributed by atoms with Crippen molar-refractivity contribution in [1.82, 2.24) is 0 Å². The summed E-state index contributed by atoms with van der Waals surface area (Å²) in [5, 5.41) is 0. The zero-order valence-electron chi connectivity index (χ0n) is 2.21. The summed E-state index contributed by atoms with van der Waals surface area (Å²) in [6.45, 7) is 0. The molecule has 0 aromatic rings. The molecule has 0 bridgehead atoms. The Labute approximate surface area is 103 Å². The number of rotatable bonds is 0. The summed E-state index contributed by atoms with van der Waals surface area (Å²) < 4.78 is 7.83. The van der Waals surface area contributed by atoms with Gasteiger partial charge in [0.1, 0.15) is 0 Å². The zero-order chi connectivity index (χ0) is 2.00. The molecule has 0 aromatic carbocycles. The summed E-state index contributed by atoms with van der Waals surface area (Å²) in [5.74, 6) is 0. The second-order valence-corrected chi connectivity index (χ2v) is 0. The van der Waals surface area contributed by atoms with E-state index in [1.165, 1.54) is 0 Å². The van der Waals surface area contributed by atoms with Gasteiger partial charge in [0.25, 0.3) is 0 Å². The molecule has 5 heavy (non-hydrogen) atoms. The van der Waals surface area contributed by atoms with Crippen molar-refractivity contribution in [2.24, 2.45) is 0 Å². The van der Waals surface area contributed by atoms with Crippen LogP contribution < -0.4 is 0 Å². The molecule has 1 radical (unpaired) electrons. The van der Waals surface area contributed by atoms with E-state index >= 15 is 0 Å². The molecule has 0 heterocycles. The molecule has 0 aliphatic heterocycles. The Kier molecular flexibility index (Phi) is 135. The Morgan fingerprint density at radius 2 is 1.20 bits per heavy atom. The predicted octanol–water partition coefficient (Wildman–Crippen LogP) is -0.278. The van der Waals surface area contributed by atoms with Gasteiger partial charge in [-0.1, -0.05) is 0 Å². The third kappa shape index (κ3) is 19.3. The van der Waals surface area contributed by atoms with Gasteiger partial charge in [0.2, 0.25) is 0 Å². The molecule has 1 unspecified atom stereocenters. The van der Waals surface area contributed by atoms with Gasteiger partial charge in [-0.05, 0) is 0 Å². The van der Waals surface area contributed by atoms with E-state index in [0.29, 0.717) is 0 Å². The van der Waals surface area contributed by atoms with E-state index in [-0.39, 0.29) is 88.5 Å². The van der Waals surface area contributed by atoms with Gasteiger partial charge in [-0.2, -0.15) is 14.1 Å². The van der Waals surface area contributed by atoms with E-state index in [0.717, 1.165) is 0 Å². The SMILES string of the molecule is O=S.P.[Gd].[Tb].